The normalized spacial score (nSPS) is 9.84. The second-order valence-electron chi connectivity index (χ2n) is 6.12. The van der Waals surface area contributed by atoms with Gasteiger partial charge in [-0.15, -0.1) is 0 Å². The zero-order valence-corrected chi connectivity index (χ0v) is 16.7. The third kappa shape index (κ3) is 6.38. The highest BCUT2D eigenvalue weighted by atomic mass is 35.5. The summed E-state index contributed by atoms with van der Waals surface area (Å²) in [4.78, 5) is 33.9. The van der Waals surface area contributed by atoms with Gasteiger partial charge in [-0.3, -0.25) is 0 Å². The van der Waals surface area contributed by atoms with Gasteiger partial charge in [-0.1, -0.05) is 11.6 Å². The van der Waals surface area contributed by atoms with E-state index in [0.717, 1.165) is 0 Å². The van der Waals surface area contributed by atoms with E-state index < -0.39 is 17.9 Å². The van der Waals surface area contributed by atoms with Crippen molar-refractivity contribution >= 4 is 46.6 Å². The molecule has 0 bridgehead atoms. The van der Waals surface area contributed by atoms with Crippen LogP contribution < -0.4 is 17.2 Å². The number of carboxylic acid groups (broad SMARTS) is 1. The molecule has 160 valence electrons. The van der Waals surface area contributed by atoms with Gasteiger partial charge in [-0.25, -0.2) is 14.4 Å². The number of benzene rings is 3. The van der Waals surface area contributed by atoms with Gasteiger partial charge < -0.3 is 32.2 Å². The highest BCUT2D eigenvalue weighted by Crippen LogP contribution is 2.21. The molecular weight excluding hydrogens is 426 g/mol. The van der Waals surface area contributed by atoms with Gasteiger partial charge in [-0.05, 0) is 54.6 Å². The first-order chi connectivity index (χ1) is 14.6. The number of carbonyl (C=O) groups excluding carboxylic acids is 2. The molecule has 3 aromatic rings. The summed E-state index contributed by atoms with van der Waals surface area (Å²) < 4.78 is 4.74. The Bertz CT molecular complexity index is 1130. The predicted molar refractivity (Wildman–Crippen MR) is 116 cm³/mol. The van der Waals surface area contributed by atoms with Crippen molar-refractivity contribution in [2.45, 2.75) is 0 Å². The van der Waals surface area contributed by atoms with Crippen molar-refractivity contribution in [2.75, 3.05) is 17.2 Å². The topological polar surface area (TPSA) is 179 Å². The van der Waals surface area contributed by atoms with Gasteiger partial charge in [0, 0.05) is 23.1 Å². The molecule has 0 aromatic heterocycles. The lowest BCUT2D eigenvalue weighted by Crippen LogP contribution is -2.13. The van der Waals surface area contributed by atoms with Crippen LogP contribution in [0.2, 0.25) is 5.02 Å². The monoisotopic (exact) mass is 443 g/mol. The second-order valence-corrected chi connectivity index (χ2v) is 6.53. The van der Waals surface area contributed by atoms with E-state index in [1.54, 1.807) is 0 Å². The van der Waals surface area contributed by atoms with Crippen LogP contribution in [0, 0.1) is 0 Å². The average Bonchev–Trinajstić information content (AvgIpc) is 2.68. The first-order valence-electron chi connectivity index (χ1n) is 8.57. The molecule has 3 aromatic carbocycles. The number of hydrogen-bond acceptors (Lipinski definition) is 8. The Balaban J connectivity index is 0.000000262. The number of phenols is 1. The summed E-state index contributed by atoms with van der Waals surface area (Å²) in [5, 5.41) is 17.6. The standard InChI is InChI=1S/C14H11ClN2O3.C7H7NO3/c15-12-7-10(17)5-6-11(12)14(19)20-13(18)8-1-3-9(16)4-2-8;8-4-1-2-5(7(10)11)6(9)3-4/h1-7H,16-17H2;1-3,9H,8H2,(H,10,11). The SMILES string of the molecule is Nc1ccc(C(=O)O)c(O)c1.Nc1ccc(C(=O)OC(=O)c2ccc(N)cc2Cl)cc1. The van der Waals surface area contributed by atoms with Crippen molar-refractivity contribution in [3.8, 4) is 5.75 Å². The summed E-state index contributed by atoms with van der Waals surface area (Å²) in [6.45, 7) is 0. The Morgan fingerprint density at radius 2 is 1.26 bits per heavy atom. The quantitative estimate of drug-likeness (QED) is 0.231. The van der Waals surface area contributed by atoms with Gasteiger partial charge >= 0.3 is 17.9 Å². The number of halogens is 1. The van der Waals surface area contributed by atoms with Gasteiger partial charge in [0.15, 0.2) is 0 Å². The molecule has 10 heteroatoms. The molecule has 0 saturated heterocycles. The third-order valence-electron chi connectivity index (χ3n) is 3.80. The summed E-state index contributed by atoms with van der Waals surface area (Å²) in [6.07, 6.45) is 0. The molecule has 0 fully saturated rings. The molecule has 0 radical (unpaired) electrons. The van der Waals surface area contributed by atoms with Gasteiger partial charge in [-0.2, -0.15) is 0 Å². The lowest BCUT2D eigenvalue weighted by atomic mass is 10.2. The van der Waals surface area contributed by atoms with E-state index in [1.807, 2.05) is 0 Å². The van der Waals surface area contributed by atoms with Crippen LogP contribution in [-0.2, 0) is 4.74 Å². The van der Waals surface area contributed by atoms with Crippen LogP contribution in [0.4, 0.5) is 17.1 Å². The molecular formula is C21H18ClN3O6. The van der Waals surface area contributed by atoms with E-state index in [2.05, 4.69) is 0 Å². The van der Waals surface area contributed by atoms with Crippen LogP contribution in [0.25, 0.3) is 0 Å². The maximum atomic E-state index is 11.8. The molecule has 8 N–H and O–H groups in total. The van der Waals surface area contributed by atoms with Gasteiger partial charge in [0.25, 0.3) is 0 Å². The number of rotatable bonds is 3. The summed E-state index contributed by atoms with van der Waals surface area (Å²) >= 11 is 5.87. The molecule has 0 heterocycles. The molecule has 0 saturated carbocycles. The largest absolute Gasteiger partial charge is 0.507 e. The average molecular weight is 444 g/mol. The van der Waals surface area contributed by atoms with E-state index >= 15 is 0 Å². The number of ether oxygens (including phenoxy) is 1. The minimum atomic E-state index is -1.16. The molecule has 0 aliphatic rings. The van der Waals surface area contributed by atoms with Crippen LogP contribution in [0.5, 0.6) is 5.75 Å². The fourth-order valence-electron chi connectivity index (χ4n) is 2.24. The molecule has 0 atom stereocenters. The Labute approximate surface area is 181 Å². The van der Waals surface area contributed by atoms with Crippen molar-refractivity contribution in [3.05, 3.63) is 82.4 Å². The molecule has 0 aliphatic carbocycles. The van der Waals surface area contributed by atoms with Crippen LogP contribution in [0.1, 0.15) is 31.1 Å². The van der Waals surface area contributed by atoms with Crippen LogP contribution in [0.3, 0.4) is 0 Å². The van der Waals surface area contributed by atoms with E-state index in [0.29, 0.717) is 17.1 Å². The summed E-state index contributed by atoms with van der Waals surface area (Å²) in [7, 11) is 0. The van der Waals surface area contributed by atoms with Crippen molar-refractivity contribution < 1.29 is 29.3 Å². The van der Waals surface area contributed by atoms with Crippen molar-refractivity contribution in [2.24, 2.45) is 0 Å². The number of esters is 2. The number of carbonyl (C=O) groups is 3. The predicted octanol–water partition coefficient (Wildman–Crippen LogP) is 3.17. The number of aromatic hydroxyl groups is 1. The fraction of sp³-hybridized carbons (Fsp3) is 0. The minimum Gasteiger partial charge on any atom is -0.507 e. The number of nitrogens with two attached hydrogens (primary N) is 3. The summed E-state index contributed by atoms with van der Waals surface area (Å²) in [6, 6.07) is 14.2. The van der Waals surface area contributed by atoms with Gasteiger partial charge in [0.2, 0.25) is 0 Å². The van der Waals surface area contributed by atoms with Gasteiger partial charge in [0.1, 0.15) is 11.3 Å². The van der Waals surface area contributed by atoms with Crippen molar-refractivity contribution in [1.29, 1.82) is 0 Å². The van der Waals surface area contributed by atoms with Crippen LogP contribution >= 0.6 is 11.6 Å². The lowest BCUT2D eigenvalue weighted by molar-refractivity contribution is 0.0397. The van der Waals surface area contributed by atoms with Crippen molar-refractivity contribution in [3.63, 3.8) is 0 Å². The highest BCUT2D eigenvalue weighted by Gasteiger charge is 2.17. The fourth-order valence-corrected chi connectivity index (χ4v) is 2.51. The molecule has 9 nitrogen and oxygen atoms in total. The molecule has 0 amide bonds. The van der Waals surface area contributed by atoms with E-state index in [-0.39, 0.29) is 27.5 Å². The number of anilines is 3. The van der Waals surface area contributed by atoms with Crippen LogP contribution in [0.15, 0.2) is 60.7 Å². The molecule has 31 heavy (non-hydrogen) atoms. The van der Waals surface area contributed by atoms with E-state index in [1.165, 1.54) is 60.7 Å². The van der Waals surface area contributed by atoms with E-state index in [9.17, 15) is 14.4 Å². The number of nitrogen functional groups attached to an aromatic ring is 3. The summed E-state index contributed by atoms with van der Waals surface area (Å²) in [5.74, 6) is -3.08. The zero-order valence-electron chi connectivity index (χ0n) is 15.9. The molecule has 0 spiro atoms. The number of hydrogen-bond donors (Lipinski definition) is 5. The van der Waals surface area contributed by atoms with E-state index in [4.69, 9.17) is 43.8 Å². The Morgan fingerprint density at radius 1 is 0.742 bits per heavy atom. The first kappa shape index (κ1) is 23.0. The Hall–Kier alpha value is -4.24. The Morgan fingerprint density at radius 3 is 1.77 bits per heavy atom. The van der Waals surface area contributed by atoms with Gasteiger partial charge in [0.05, 0.1) is 16.1 Å². The maximum absolute atomic E-state index is 11.8. The lowest BCUT2D eigenvalue weighted by Gasteiger charge is -2.05. The highest BCUT2D eigenvalue weighted by molar-refractivity contribution is 6.34. The minimum absolute atomic E-state index is 0.0738. The zero-order chi connectivity index (χ0) is 23.1. The third-order valence-corrected chi connectivity index (χ3v) is 4.11. The Kier molecular flexibility index (Phi) is 7.43. The smallest absolute Gasteiger partial charge is 0.347 e. The number of aromatic carboxylic acids is 1. The second kappa shape index (κ2) is 9.99. The molecule has 0 aliphatic heterocycles. The molecule has 0 unspecified atom stereocenters. The maximum Gasteiger partial charge on any atom is 0.347 e. The summed E-state index contributed by atoms with van der Waals surface area (Å²) in [5.41, 5.74) is 17.7. The molecule has 3 rings (SSSR count). The first-order valence-corrected chi connectivity index (χ1v) is 8.95. The van der Waals surface area contributed by atoms with Crippen molar-refractivity contribution in [1.82, 2.24) is 0 Å². The van der Waals surface area contributed by atoms with Crippen LogP contribution in [-0.4, -0.2) is 28.1 Å². The number of carboxylic acids is 1.